The molecule has 0 aromatic carbocycles. The van der Waals surface area contributed by atoms with Crippen molar-refractivity contribution >= 4 is 12.1 Å². The Labute approximate surface area is 132 Å². The van der Waals surface area contributed by atoms with Gasteiger partial charge in [-0.05, 0) is 60.3 Å². The monoisotopic (exact) mass is 315 g/mol. The molecule has 0 radical (unpaired) electrons. The molecular weight excluding hydrogens is 286 g/mol. The van der Waals surface area contributed by atoms with Gasteiger partial charge in [0.15, 0.2) is 0 Å². The Morgan fingerprint density at radius 3 is 2.09 bits per heavy atom. The summed E-state index contributed by atoms with van der Waals surface area (Å²) in [5, 5.41) is 9.10. The van der Waals surface area contributed by atoms with E-state index in [9.17, 15) is 9.59 Å². The molecule has 1 aliphatic heterocycles. The summed E-state index contributed by atoms with van der Waals surface area (Å²) < 4.78 is 10.8. The number of likely N-dealkylation sites (tertiary alicyclic amines) is 1. The standard InChI is InChI=1S/C16H29NO5/c1-15(2,3)21-13(19)12-9-11(7-8-18)10-17(12)14(20)22-16(4,5)6/h11-12,18H,7-10H2,1-6H3/t11-,12+/m1/s1. The Hall–Kier alpha value is -1.30. The molecule has 6 heteroatoms. The molecule has 2 atom stereocenters. The normalized spacial score (nSPS) is 22.6. The molecule has 0 unspecified atom stereocenters. The van der Waals surface area contributed by atoms with Crippen LogP contribution in [0.1, 0.15) is 54.4 Å². The number of amides is 1. The van der Waals surface area contributed by atoms with Gasteiger partial charge in [0, 0.05) is 13.2 Å². The van der Waals surface area contributed by atoms with Crippen molar-refractivity contribution in [3.05, 3.63) is 0 Å². The lowest BCUT2D eigenvalue weighted by atomic mass is 10.0. The molecule has 0 aromatic heterocycles. The van der Waals surface area contributed by atoms with Crippen LogP contribution < -0.4 is 0 Å². The molecule has 1 saturated heterocycles. The zero-order valence-electron chi connectivity index (χ0n) is 14.5. The summed E-state index contributed by atoms with van der Waals surface area (Å²) in [5.74, 6) is -0.339. The molecule has 6 nitrogen and oxygen atoms in total. The second-order valence-corrected chi connectivity index (χ2v) is 7.80. The van der Waals surface area contributed by atoms with Crippen LogP contribution in [0, 0.1) is 5.92 Å². The number of ether oxygens (including phenoxy) is 2. The van der Waals surface area contributed by atoms with Crippen LogP contribution in [0.3, 0.4) is 0 Å². The van der Waals surface area contributed by atoms with E-state index in [1.807, 2.05) is 0 Å². The molecule has 22 heavy (non-hydrogen) atoms. The lowest BCUT2D eigenvalue weighted by Crippen LogP contribution is -2.45. The van der Waals surface area contributed by atoms with E-state index in [1.165, 1.54) is 4.90 Å². The highest BCUT2D eigenvalue weighted by atomic mass is 16.6. The molecule has 1 aliphatic rings. The van der Waals surface area contributed by atoms with Crippen LogP contribution in [0.5, 0.6) is 0 Å². The van der Waals surface area contributed by atoms with E-state index in [0.29, 0.717) is 19.4 Å². The molecule has 1 N–H and O–H groups in total. The number of aliphatic hydroxyl groups is 1. The van der Waals surface area contributed by atoms with Gasteiger partial charge in [-0.2, -0.15) is 0 Å². The average Bonchev–Trinajstić information content (AvgIpc) is 2.69. The van der Waals surface area contributed by atoms with Crippen molar-refractivity contribution < 1.29 is 24.2 Å². The van der Waals surface area contributed by atoms with Crippen LogP contribution in [-0.4, -0.2) is 52.5 Å². The van der Waals surface area contributed by atoms with Gasteiger partial charge >= 0.3 is 12.1 Å². The Bertz CT molecular complexity index is 372. The van der Waals surface area contributed by atoms with Crippen molar-refractivity contribution in [2.45, 2.75) is 71.6 Å². The predicted octanol–water partition coefficient (Wildman–Crippen LogP) is 2.34. The molecule has 128 valence electrons. The number of rotatable bonds is 3. The first-order valence-corrected chi connectivity index (χ1v) is 7.76. The molecule has 1 heterocycles. The number of esters is 1. The van der Waals surface area contributed by atoms with E-state index >= 15 is 0 Å². The molecule has 1 fully saturated rings. The number of hydrogen-bond donors (Lipinski definition) is 1. The summed E-state index contributed by atoms with van der Waals surface area (Å²) in [6, 6.07) is -0.648. The van der Waals surface area contributed by atoms with Crippen LogP contribution in [0.15, 0.2) is 0 Å². The van der Waals surface area contributed by atoms with E-state index in [1.54, 1.807) is 41.5 Å². The molecule has 0 spiro atoms. The highest BCUT2D eigenvalue weighted by Gasteiger charge is 2.42. The van der Waals surface area contributed by atoms with Gasteiger partial charge in [-0.3, -0.25) is 4.90 Å². The number of carbonyl (C=O) groups is 2. The van der Waals surface area contributed by atoms with Crippen LogP contribution in [0.25, 0.3) is 0 Å². The number of hydrogen-bond acceptors (Lipinski definition) is 5. The quantitative estimate of drug-likeness (QED) is 0.809. The maximum Gasteiger partial charge on any atom is 0.411 e. The molecule has 0 aliphatic carbocycles. The van der Waals surface area contributed by atoms with Gasteiger partial charge in [-0.15, -0.1) is 0 Å². The highest BCUT2D eigenvalue weighted by molar-refractivity contribution is 5.82. The summed E-state index contributed by atoms with van der Waals surface area (Å²) in [6.07, 6.45) is 0.539. The zero-order chi connectivity index (χ0) is 17.1. The fraction of sp³-hybridized carbons (Fsp3) is 0.875. The van der Waals surface area contributed by atoms with Gasteiger partial charge < -0.3 is 14.6 Å². The van der Waals surface area contributed by atoms with Gasteiger partial charge in [0.25, 0.3) is 0 Å². The number of nitrogens with zero attached hydrogens (tertiary/aromatic N) is 1. The van der Waals surface area contributed by atoms with Crippen molar-refractivity contribution in [2.75, 3.05) is 13.2 Å². The smallest absolute Gasteiger partial charge is 0.411 e. The topological polar surface area (TPSA) is 76.1 Å². The van der Waals surface area contributed by atoms with Crippen molar-refractivity contribution in [3.63, 3.8) is 0 Å². The molecule has 0 saturated carbocycles. The van der Waals surface area contributed by atoms with Crippen LogP contribution in [-0.2, 0) is 14.3 Å². The third-order valence-corrected chi connectivity index (χ3v) is 3.23. The third-order valence-electron chi connectivity index (χ3n) is 3.23. The first-order valence-electron chi connectivity index (χ1n) is 7.76. The lowest BCUT2D eigenvalue weighted by Gasteiger charge is -2.29. The summed E-state index contributed by atoms with van der Waals surface area (Å²) in [7, 11) is 0. The Kier molecular flexibility index (Phi) is 5.84. The van der Waals surface area contributed by atoms with Crippen molar-refractivity contribution in [1.82, 2.24) is 4.90 Å². The zero-order valence-corrected chi connectivity index (χ0v) is 14.5. The van der Waals surface area contributed by atoms with Gasteiger partial charge in [0.05, 0.1) is 0 Å². The summed E-state index contributed by atoms with van der Waals surface area (Å²) in [6.45, 7) is 11.2. The Morgan fingerprint density at radius 2 is 1.64 bits per heavy atom. The molecular formula is C16H29NO5. The van der Waals surface area contributed by atoms with E-state index in [2.05, 4.69) is 0 Å². The lowest BCUT2D eigenvalue weighted by molar-refractivity contribution is -0.160. The minimum Gasteiger partial charge on any atom is -0.458 e. The Balaban J connectivity index is 2.85. The second kappa shape index (κ2) is 6.86. The number of carbonyl (C=O) groups excluding carboxylic acids is 2. The van der Waals surface area contributed by atoms with Gasteiger partial charge in [-0.1, -0.05) is 0 Å². The first-order chi connectivity index (χ1) is 9.93. The minimum atomic E-state index is -0.648. The summed E-state index contributed by atoms with van der Waals surface area (Å²) >= 11 is 0. The second-order valence-electron chi connectivity index (χ2n) is 7.80. The third kappa shape index (κ3) is 5.83. The van der Waals surface area contributed by atoms with E-state index in [0.717, 1.165) is 0 Å². The maximum absolute atomic E-state index is 12.4. The molecule has 0 bridgehead atoms. The SMILES string of the molecule is CC(C)(C)OC(=O)[C@@H]1C[C@@H](CCO)CN1C(=O)OC(C)(C)C. The molecule has 1 rings (SSSR count). The fourth-order valence-corrected chi connectivity index (χ4v) is 2.43. The van der Waals surface area contributed by atoms with Crippen LogP contribution in [0.2, 0.25) is 0 Å². The van der Waals surface area contributed by atoms with Gasteiger partial charge in [0.2, 0.25) is 0 Å². The highest BCUT2D eigenvalue weighted by Crippen LogP contribution is 2.29. The van der Waals surface area contributed by atoms with Gasteiger partial charge in [0.1, 0.15) is 17.2 Å². The van der Waals surface area contributed by atoms with Crippen molar-refractivity contribution in [3.8, 4) is 0 Å². The van der Waals surface area contributed by atoms with Crippen LogP contribution in [0.4, 0.5) is 4.79 Å². The molecule has 0 aromatic rings. The maximum atomic E-state index is 12.4. The van der Waals surface area contributed by atoms with E-state index < -0.39 is 29.3 Å². The fourth-order valence-electron chi connectivity index (χ4n) is 2.43. The average molecular weight is 315 g/mol. The largest absolute Gasteiger partial charge is 0.458 e. The van der Waals surface area contributed by atoms with Crippen molar-refractivity contribution in [2.24, 2.45) is 5.92 Å². The Morgan fingerprint density at radius 1 is 1.09 bits per heavy atom. The molecule has 1 amide bonds. The summed E-state index contributed by atoms with van der Waals surface area (Å²) in [4.78, 5) is 26.1. The minimum absolute atomic E-state index is 0.0356. The van der Waals surface area contributed by atoms with Crippen LogP contribution >= 0.6 is 0 Å². The summed E-state index contributed by atoms with van der Waals surface area (Å²) in [5.41, 5.74) is -1.23. The number of aliphatic hydroxyl groups excluding tert-OH is 1. The van der Waals surface area contributed by atoms with E-state index in [-0.39, 0.29) is 12.5 Å². The first kappa shape index (κ1) is 18.7. The van der Waals surface area contributed by atoms with E-state index in [4.69, 9.17) is 14.6 Å². The predicted molar refractivity (Wildman–Crippen MR) is 82.4 cm³/mol. The van der Waals surface area contributed by atoms with Gasteiger partial charge in [-0.25, -0.2) is 9.59 Å². The van der Waals surface area contributed by atoms with Crippen molar-refractivity contribution in [1.29, 1.82) is 0 Å².